The molecule has 1 heterocycles. The fourth-order valence-electron chi connectivity index (χ4n) is 7.57. The summed E-state index contributed by atoms with van der Waals surface area (Å²) in [5.41, 5.74) is 5.29. The molecular formula is C36H44N2O6S. The number of likely N-dealkylation sites (tertiary alicyclic amines) is 1. The van der Waals surface area contributed by atoms with Gasteiger partial charge in [-0.1, -0.05) is 36.4 Å². The number of nitrogens with zero attached hydrogens (tertiary/aromatic N) is 1. The molecule has 0 bridgehead atoms. The summed E-state index contributed by atoms with van der Waals surface area (Å²) < 4.78 is 29.2. The summed E-state index contributed by atoms with van der Waals surface area (Å²) in [6, 6.07) is 21.4. The molecule has 0 unspecified atom stereocenters. The van der Waals surface area contributed by atoms with E-state index < -0.39 is 15.9 Å². The molecule has 2 aliphatic carbocycles. The van der Waals surface area contributed by atoms with Crippen LogP contribution in [0.2, 0.25) is 0 Å². The summed E-state index contributed by atoms with van der Waals surface area (Å²) in [7, 11) is -3.59. The summed E-state index contributed by atoms with van der Waals surface area (Å²) in [5, 5.41) is 23.7. The molecule has 3 aromatic carbocycles. The van der Waals surface area contributed by atoms with Crippen molar-refractivity contribution < 1.29 is 28.2 Å². The second-order valence-corrected chi connectivity index (χ2v) is 15.2. The number of ether oxygens (including phenoxy) is 1. The molecule has 3 aromatic rings. The van der Waals surface area contributed by atoms with Gasteiger partial charge in [0, 0.05) is 43.6 Å². The summed E-state index contributed by atoms with van der Waals surface area (Å²) in [6.07, 6.45) is 8.76. The smallest absolute Gasteiger partial charge is 0.253 e. The number of piperidine rings is 1. The normalized spacial score (nSPS) is 21.8. The maximum Gasteiger partial charge on any atom is 0.253 e. The summed E-state index contributed by atoms with van der Waals surface area (Å²) in [6.45, 7) is 2.00. The third-order valence-corrected chi connectivity index (χ3v) is 11.4. The maximum absolute atomic E-state index is 13.4. The zero-order chi connectivity index (χ0) is 31.6. The zero-order valence-electron chi connectivity index (χ0n) is 26.0. The molecular weight excluding hydrogens is 588 g/mol. The number of hydrogen-bond acceptors (Lipinski definition) is 7. The Bertz CT molecular complexity index is 1610. The molecule has 3 N–H and O–H groups in total. The van der Waals surface area contributed by atoms with E-state index in [0.717, 1.165) is 69.9 Å². The summed E-state index contributed by atoms with van der Waals surface area (Å²) >= 11 is 0. The van der Waals surface area contributed by atoms with E-state index in [1.807, 2.05) is 17.0 Å². The number of carbonyl (C=O) groups is 1. The molecule has 0 aromatic heterocycles. The van der Waals surface area contributed by atoms with Gasteiger partial charge in [0.15, 0.2) is 9.84 Å². The molecule has 1 aliphatic heterocycles. The fraction of sp³-hybridized carbons (Fsp3) is 0.472. The number of amides is 1. The van der Waals surface area contributed by atoms with Crippen LogP contribution in [0.25, 0.3) is 0 Å². The predicted molar refractivity (Wildman–Crippen MR) is 174 cm³/mol. The van der Waals surface area contributed by atoms with Crippen molar-refractivity contribution in [1.82, 2.24) is 10.2 Å². The van der Waals surface area contributed by atoms with Crippen molar-refractivity contribution in [2.45, 2.75) is 79.7 Å². The molecule has 1 atom stereocenters. The number of phenolic OH excluding ortho intramolecular Hbond substituents is 1. The number of fused-ring (bicyclic) bond motifs is 2. The van der Waals surface area contributed by atoms with Crippen molar-refractivity contribution in [2.75, 3.05) is 32.5 Å². The highest BCUT2D eigenvalue weighted by Crippen LogP contribution is 2.46. The number of nitrogens with one attached hydrogen (secondary N) is 1. The Hall–Kier alpha value is -3.40. The van der Waals surface area contributed by atoms with Gasteiger partial charge in [0.2, 0.25) is 0 Å². The largest absolute Gasteiger partial charge is 0.507 e. The molecule has 45 heavy (non-hydrogen) atoms. The highest BCUT2D eigenvalue weighted by Gasteiger charge is 2.41. The van der Waals surface area contributed by atoms with Crippen LogP contribution in [-0.4, -0.2) is 74.1 Å². The van der Waals surface area contributed by atoms with Gasteiger partial charge in [0.1, 0.15) is 29.1 Å². The average molecular weight is 633 g/mol. The molecule has 2 fully saturated rings. The maximum atomic E-state index is 13.4. The highest BCUT2D eigenvalue weighted by molar-refractivity contribution is 7.90. The number of carbonyl (C=O) groups excluding carboxylic acids is 1. The molecule has 9 heteroatoms. The van der Waals surface area contributed by atoms with Gasteiger partial charge in [-0.3, -0.25) is 4.79 Å². The number of sulfone groups is 1. The Morgan fingerprint density at radius 1 is 1.00 bits per heavy atom. The van der Waals surface area contributed by atoms with Crippen molar-refractivity contribution in [3.63, 3.8) is 0 Å². The Morgan fingerprint density at radius 2 is 1.71 bits per heavy atom. The number of aliphatic hydroxyl groups is 1. The Labute approximate surface area is 266 Å². The van der Waals surface area contributed by atoms with Crippen LogP contribution in [0.15, 0.2) is 71.6 Å². The van der Waals surface area contributed by atoms with E-state index in [0.29, 0.717) is 18.5 Å². The molecule has 0 radical (unpaired) electrons. The standard InChI is InChI=1S/C36H44N2O6S/c1-45(42,43)34-22-31(14-15-33(34)40)44-24-30(39)23-37-29-12-10-26(11-13-29)25-6-8-28(9-7-25)35(41)38-20-18-36(19-21-38)17-16-27-4-2-3-5-32(27)36/h2-9,14-15,22,26,29-30,37,39-40H,10-13,16-21,23-24H2,1H3/t26?,29?,30-/m1/s1. The number of hydrogen-bond donors (Lipinski definition) is 3. The zero-order valence-corrected chi connectivity index (χ0v) is 26.8. The molecule has 6 rings (SSSR count). The van der Waals surface area contributed by atoms with Crippen molar-refractivity contribution in [3.05, 3.63) is 89.0 Å². The number of aromatic hydroxyl groups is 1. The quantitative estimate of drug-likeness (QED) is 0.305. The van der Waals surface area contributed by atoms with Crippen LogP contribution in [0.3, 0.4) is 0 Å². The van der Waals surface area contributed by atoms with Crippen molar-refractivity contribution in [1.29, 1.82) is 0 Å². The van der Waals surface area contributed by atoms with Crippen LogP contribution >= 0.6 is 0 Å². The molecule has 240 valence electrons. The average Bonchev–Trinajstić information content (AvgIpc) is 3.41. The third-order valence-electron chi connectivity index (χ3n) is 10.2. The van der Waals surface area contributed by atoms with Crippen LogP contribution in [0, 0.1) is 0 Å². The number of aliphatic hydroxyl groups excluding tert-OH is 1. The van der Waals surface area contributed by atoms with E-state index in [1.165, 1.54) is 41.3 Å². The van der Waals surface area contributed by atoms with Gasteiger partial charge in [0.05, 0.1) is 0 Å². The number of aryl methyl sites for hydroxylation is 1. The second kappa shape index (κ2) is 13.1. The van der Waals surface area contributed by atoms with Crippen LogP contribution in [-0.2, 0) is 21.7 Å². The molecule has 3 aliphatic rings. The first-order valence-corrected chi connectivity index (χ1v) is 18.1. The number of benzene rings is 3. The van der Waals surface area contributed by atoms with E-state index >= 15 is 0 Å². The van der Waals surface area contributed by atoms with Crippen LogP contribution < -0.4 is 10.1 Å². The van der Waals surface area contributed by atoms with Gasteiger partial charge < -0.3 is 25.2 Å². The fourth-order valence-corrected chi connectivity index (χ4v) is 8.35. The lowest BCUT2D eigenvalue weighted by molar-refractivity contribution is 0.0666. The van der Waals surface area contributed by atoms with Gasteiger partial charge in [-0.2, -0.15) is 0 Å². The SMILES string of the molecule is CS(=O)(=O)c1cc(OC[C@H](O)CNC2CCC(c3ccc(C(=O)N4CCC5(CCc6ccccc65)CC4)cc3)CC2)ccc1O. The van der Waals surface area contributed by atoms with Crippen LogP contribution in [0.4, 0.5) is 0 Å². The molecule has 1 saturated carbocycles. The Morgan fingerprint density at radius 3 is 2.42 bits per heavy atom. The van der Waals surface area contributed by atoms with E-state index in [-0.39, 0.29) is 34.3 Å². The first-order valence-electron chi connectivity index (χ1n) is 16.2. The van der Waals surface area contributed by atoms with E-state index in [1.54, 1.807) is 0 Å². The Kier molecular flexibility index (Phi) is 9.22. The number of rotatable bonds is 9. The topological polar surface area (TPSA) is 116 Å². The van der Waals surface area contributed by atoms with Crippen LogP contribution in [0.1, 0.15) is 77.9 Å². The third kappa shape index (κ3) is 7.05. The van der Waals surface area contributed by atoms with Gasteiger partial charge in [-0.25, -0.2) is 8.42 Å². The van der Waals surface area contributed by atoms with E-state index in [2.05, 4.69) is 41.7 Å². The van der Waals surface area contributed by atoms with Crippen LogP contribution in [0.5, 0.6) is 11.5 Å². The van der Waals surface area contributed by atoms with Gasteiger partial charge in [0.25, 0.3) is 5.91 Å². The lowest BCUT2D eigenvalue weighted by Gasteiger charge is -2.40. The minimum atomic E-state index is -3.59. The minimum absolute atomic E-state index is 0.00759. The first-order chi connectivity index (χ1) is 21.6. The number of phenols is 1. The summed E-state index contributed by atoms with van der Waals surface area (Å²) in [4.78, 5) is 15.2. The van der Waals surface area contributed by atoms with E-state index in [4.69, 9.17) is 4.74 Å². The van der Waals surface area contributed by atoms with Gasteiger partial charge in [-0.05, 0) is 104 Å². The van der Waals surface area contributed by atoms with Crippen molar-refractivity contribution >= 4 is 15.7 Å². The van der Waals surface area contributed by atoms with E-state index in [9.17, 15) is 23.4 Å². The minimum Gasteiger partial charge on any atom is -0.507 e. The molecule has 1 amide bonds. The monoisotopic (exact) mass is 632 g/mol. The predicted octanol–water partition coefficient (Wildman–Crippen LogP) is 4.97. The molecule has 1 spiro atoms. The summed E-state index contributed by atoms with van der Waals surface area (Å²) in [5.74, 6) is 0.546. The molecule has 8 nitrogen and oxygen atoms in total. The van der Waals surface area contributed by atoms with Gasteiger partial charge >= 0.3 is 0 Å². The first kappa shape index (κ1) is 31.6. The van der Waals surface area contributed by atoms with Gasteiger partial charge in [-0.15, -0.1) is 0 Å². The second-order valence-electron chi connectivity index (χ2n) is 13.2. The Balaban J connectivity index is 0.929. The lowest BCUT2D eigenvalue weighted by atomic mass is 9.74. The molecule has 1 saturated heterocycles. The van der Waals surface area contributed by atoms with Crippen molar-refractivity contribution in [2.24, 2.45) is 0 Å². The van der Waals surface area contributed by atoms with Crippen molar-refractivity contribution in [3.8, 4) is 11.5 Å². The lowest BCUT2D eigenvalue weighted by Crippen LogP contribution is -2.44. The highest BCUT2D eigenvalue weighted by atomic mass is 32.2.